The van der Waals surface area contributed by atoms with Crippen LogP contribution in [0.1, 0.15) is 0 Å². The van der Waals surface area contributed by atoms with E-state index in [0.29, 0.717) is 6.54 Å². The lowest BCUT2D eigenvalue weighted by atomic mass is 9.99. The molecule has 0 radical (unpaired) electrons. The van der Waals surface area contributed by atoms with Crippen molar-refractivity contribution in [2.45, 2.75) is 0 Å². The van der Waals surface area contributed by atoms with Gasteiger partial charge >= 0.3 is 0 Å². The van der Waals surface area contributed by atoms with Crippen LogP contribution in [0.3, 0.4) is 0 Å². The predicted molar refractivity (Wildman–Crippen MR) is 216 cm³/mol. The summed E-state index contributed by atoms with van der Waals surface area (Å²) in [6.45, 7) is 4.53. The Bertz CT molecular complexity index is 2950. The number of hydrogen-bond donors (Lipinski definition) is 1. The fourth-order valence-electron chi connectivity index (χ4n) is 7.96. The standard InChI is InChI=1S/C47H33N3O/c1-2-3-12-27-48-31-28-32(49-42-23-8-4-15-34(42)35-16-5-9-24-43(35)49)30-33(29-31)50-44-25-10-6-17-36(44)38-19-13-20-39(46(38)50)41-22-14-21-40-37-18-7-11-26-45(37)51-47(40)41/h2-26,28-30,48H,1,27H2/b12-3-. The molecule has 0 spiro atoms. The number of hydrogen-bond acceptors (Lipinski definition) is 2. The Balaban J connectivity index is 1.29. The highest BCUT2D eigenvalue weighted by molar-refractivity contribution is 6.17. The number of nitrogens with one attached hydrogen (secondary N) is 1. The van der Waals surface area contributed by atoms with Crippen LogP contribution in [0.15, 0.2) is 181 Å². The van der Waals surface area contributed by atoms with Gasteiger partial charge in [0.1, 0.15) is 11.2 Å². The van der Waals surface area contributed by atoms with Crippen LogP contribution in [0.25, 0.3) is 88.1 Å². The number of para-hydroxylation sites is 6. The van der Waals surface area contributed by atoms with Gasteiger partial charge in [0.25, 0.3) is 0 Å². The molecule has 0 saturated heterocycles. The van der Waals surface area contributed by atoms with Gasteiger partial charge in [-0.05, 0) is 42.5 Å². The monoisotopic (exact) mass is 655 g/mol. The second kappa shape index (κ2) is 11.7. The first kappa shape index (κ1) is 29.2. The lowest BCUT2D eigenvalue weighted by Crippen LogP contribution is -2.04. The highest BCUT2D eigenvalue weighted by atomic mass is 16.3. The Morgan fingerprint density at radius 2 is 1.08 bits per heavy atom. The molecule has 1 N–H and O–H groups in total. The van der Waals surface area contributed by atoms with Gasteiger partial charge in [-0.25, -0.2) is 0 Å². The molecule has 242 valence electrons. The van der Waals surface area contributed by atoms with Gasteiger partial charge in [0, 0.05) is 55.7 Å². The summed E-state index contributed by atoms with van der Waals surface area (Å²) in [5.41, 5.74) is 11.8. The molecule has 10 rings (SSSR count). The van der Waals surface area contributed by atoms with E-state index in [1.807, 2.05) is 18.2 Å². The molecule has 10 aromatic rings. The molecule has 7 aromatic carbocycles. The maximum Gasteiger partial charge on any atom is 0.143 e. The van der Waals surface area contributed by atoms with Crippen molar-refractivity contribution in [3.05, 3.63) is 176 Å². The quantitative estimate of drug-likeness (QED) is 0.173. The van der Waals surface area contributed by atoms with E-state index in [-0.39, 0.29) is 0 Å². The summed E-state index contributed by atoms with van der Waals surface area (Å²) in [6.07, 6.45) is 5.87. The van der Waals surface area contributed by atoms with Crippen molar-refractivity contribution in [2.75, 3.05) is 11.9 Å². The summed E-state index contributed by atoms with van der Waals surface area (Å²) in [5.74, 6) is 0. The molecule has 4 nitrogen and oxygen atoms in total. The third-order valence-electron chi connectivity index (χ3n) is 10.1. The van der Waals surface area contributed by atoms with E-state index < -0.39 is 0 Å². The minimum absolute atomic E-state index is 0.675. The van der Waals surface area contributed by atoms with Crippen LogP contribution in [0.5, 0.6) is 0 Å². The molecule has 3 heterocycles. The fraction of sp³-hybridized carbons (Fsp3) is 0.0213. The molecule has 0 saturated carbocycles. The average molecular weight is 656 g/mol. The first-order valence-electron chi connectivity index (χ1n) is 17.4. The van der Waals surface area contributed by atoms with Crippen LogP contribution in [0, 0.1) is 0 Å². The summed E-state index contributed by atoms with van der Waals surface area (Å²) in [7, 11) is 0. The minimum Gasteiger partial charge on any atom is -0.455 e. The van der Waals surface area contributed by atoms with Crippen LogP contribution in [-0.2, 0) is 0 Å². The molecule has 0 amide bonds. The number of nitrogens with zero attached hydrogens (tertiary/aromatic N) is 2. The zero-order valence-electron chi connectivity index (χ0n) is 27.9. The van der Waals surface area contributed by atoms with E-state index >= 15 is 0 Å². The topological polar surface area (TPSA) is 35.0 Å². The Morgan fingerprint density at radius 3 is 1.78 bits per heavy atom. The molecule has 51 heavy (non-hydrogen) atoms. The summed E-state index contributed by atoms with van der Waals surface area (Å²) in [4.78, 5) is 0. The first-order valence-corrected chi connectivity index (χ1v) is 17.4. The van der Waals surface area contributed by atoms with Gasteiger partial charge in [-0.1, -0.05) is 134 Å². The Morgan fingerprint density at radius 1 is 0.529 bits per heavy atom. The third kappa shape index (κ3) is 4.54. The number of anilines is 1. The van der Waals surface area contributed by atoms with Gasteiger partial charge in [0.15, 0.2) is 0 Å². The van der Waals surface area contributed by atoms with Crippen LogP contribution < -0.4 is 5.32 Å². The molecule has 0 fully saturated rings. The second-order valence-electron chi connectivity index (χ2n) is 13.0. The summed E-state index contributed by atoms with van der Waals surface area (Å²) in [6, 6.07) is 54.4. The Kier molecular flexibility index (Phi) is 6.68. The predicted octanol–water partition coefficient (Wildman–Crippen LogP) is 12.6. The molecule has 0 unspecified atom stereocenters. The van der Waals surface area contributed by atoms with Crippen molar-refractivity contribution in [2.24, 2.45) is 0 Å². The maximum absolute atomic E-state index is 6.60. The first-order chi connectivity index (χ1) is 25.3. The van der Waals surface area contributed by atoms with E-state index in [0.717, 1.165) is 61.2 Å². The van der Waals surface area contributed by atoms with E-state index in [1.165, 1.54) is 32.6 Å². The van der Waals surface area contributed by atoms with Gasteiger partial charge in [0.2, 0.25) is 0 Å². The van der Waals surface area contributed by atoms with Gasteiger partial charge in [-0.2, -0.15) is 0 Å². The normalized spacial score (nSPS) is 12.0. The van der Waals surface area contributed by atoms with Crippen molar-refractivity contribution >= 4 is 71.2 Å². The molecule has 4 heteroatoms. The minimum atomic E-state index is 0.675. The molecule has 0 aliphatic heterocycles. The number of benzene rings is 7. The Hall–Kier alpha value is -6.78. The summed E-state index contributed by atoms with van der Waals surface area (Å²) in [5, 5.41) is 10.8. The van der Waals surface area contributed by atoms with Crippen molar-refractivity contribution in [1.29, 1.82) is 0 Å². The average Bonchev–Trinajstić information content (AvgIpc) is 3.84. The van der Waals surface area contributed by atoms with E-state index in [2.05, 4.69) is 173 Å². The summed E-state index contributed by atoms with van der Waals surface area (Å²) >= 11 is 0. The van der Waals surface area contributed by atoms with Crippen molar-refractivity contribution in [1.82, 2.24) is 9.13 Å². The number of aromatic nitrogens is 2. The molecule has 0 atom stereocenters. The van der Waals surface area contributed by atoms with Crippen LogP contribution in [0.2, 0.25) is 0 Å². The van der Waals surface area contributed by atoms with Gasteiger partial charge in [-0.3, -0.25) is 0 Å². The van der Waals surface area contributed by atoms with Crippen LogP contribution in [-0.4, -0.2) is 15.7 Å². The molecule has 0 aliphatic carbocycles. The number of fused-ring (bicyclic) bond motifs is 9. The number of furan rings is 1. The zero-order valence-corrected chi connectivity index (χ0v) is 27.9. The molecule has 0 bridgehead atoms. The molecular formula is C47H33N3O. The lowest BCUT2D eigenvalue weighted by Gasteiger charge is -2.17. The zero-order chi connectivity index (χ0) is 33.9. The second-order valence-corrected chi connectivity index (χ2v) is 13.0. The summed E-state index contributed by atoms with van der Waals surface area (Å²) < 4.78 is 11.4. The van der Waals surface area contributed by atoms with Gasteiger partial charge in [0.05, 0.1) is 33.4 Å². The van der Waals surface area contributed by atoms with E-state index in [4.69, 9.17) is 4.42 Å². The van der Waals surface area contributed by atoms with E-state index in [1.54, 1.807) is 0 Å². The van der Waals surface area contributed by atoms with Gasteiger partial charge < -0.3 is 18.9 Å². The lowest BCUT2D eigenvalue weighted by molar-refractivity contribution is 0.670. The molecule has 0 aliphatic rings. The number of rotatable bonds is 7. The highest BCUT2D eigenvalue weighted by Crippen LogP contribution is 2.43. The van der Waals surface area contributed by atoms with Gasteiger partial charge in [-0.15, -0.1) is 0 Å². The van der Waals surface area contributed by atoms with E-state index in [9.17, 15) is 0 Å². The third-order valence-corrected chi connectivity index (χ3v) is 10.1. The smallest absolute Gasteiger partial charge is 0.143 e. The molecule has 3 aromatic heterocycles. The van der Waals surface area contributed by atoms with Crippen molar-refractivity contribution in [3.8, 4) is 22.5 Å². The fourth-order valence-corrected chi connectivity index (χ4v) is 7.96. The van der Waals surface area contributed by atoms with Crippen LogP contribution >= 0.6 is 0 Å². The van der Waals surface area contributed by atoms with Crippen molar-refractivity contribution < 1.29 is 4.42 Å². The number of allylic oxidation sites excluding steroid dienone is 2. The van der Waals surface area contributed by atoms with Crippen LogP contribution in [0.4, 0.5) is 5.69 Å². The molecular weight excluding hydrogens is 623 g/mol. The largest absolute Gasteiger partial charge is 0.455 e. The SMILES string of the molecule is C=C/C=C\CNc1cc(-n2c3ccccc3c3ccccc32)cc(-n2c3ccccc3c3cccc(-c4cccc5c4oc4ccccc45)c32)c1. The highest BCUT2D eigenvalue weighted by Gasteiger charge is 2.21. The maximum atomic E-state index is 6.60. The Labute approximate surface area is 294 Å². The van der Waals surface area contributed by atoms with Crippen molar-refractivity contribution in [3.63, 3.8) is 0 Å².